The Balaban J connectivity index is 1.35. The van der Waals surface area contributed by atoms with Crippen molar-refractivity contribution in [1.82, 2.24) is 0 Å². The van der Waals surface area contributed by atoms with E-state index < -0.39 is 0 Å². The molecule has 0 saturated carbocycles. The van der Waals surface area contributed by atoms with Crippen LogP contribution in [-0.4, -0.2) is 19.2 Å². The highest BCUT2D eigenvalue weighted by Gasteiger charge is 2.09. The Kier molecular flexibility index (Phi) is 15.2. The smallest absolute Gasteiger partial charge is 0.343 e. The lowest BCUT2D eigenvalue weighted by Gasteiger charge is -2.08. The molecule has 0 aromatic heterocycles. The van der Waals surface area contributed by atoms with E-state index in [-0.39, 0.29) is 5.97 Å². The molecule has 41 heavy (non-hydrogen) atoms. The first-order valence-electron chi connectivity index (χ1n) is 15.6. The molecule has 0 aliphatic carbocycles. The lowest BCUT2D eigenvalue weighted by molar-refractivity contribution is 0.0734. The van der Waals surface area contributed by atoms with Crippen LogP contribution in [0.3, 0.4) is 0 Å². The molecule has 3 aromatic carbocycles. The highest BCUT2D eigenvalue weighted by molar-refractivity contribution is 5.91. The molecule has 0 amide bonds. The van der Waals surface area contributed by atoms with Gasteiger partial charge in [0.1, 0.15) is 17.2 Å². The fourth-order valence-electron chi connectivity index (χ4n) is 4.51. The Hall–Kier alpha value is -3.53. The van der Waals surface area contributed by atoms with Gasteiger partial charge in [-0.3, -0.25) is 0 Å². The number of ether oxygens (including phenoxy) is 3. The molecular formula is C37H48O4. The molecule has 0 heterocycles. The summed E-state index contributed by atoms with van der Waals surface area (Å²) in [5.74, 6) is 1.80. The van der Waals surface area contributed by atoms with Gasteiger partial charge >= 0.3 is 5.97 Å². The standard InChI is InChI=1S/C37H48O4/c1-3-5-7-8-9-10-11-12-13-14-29-39-34-26-22-33(23-27-34)37(38)41-35-24-20-31(21-25-35)18-19-32-16-15-17-36(30-32)40-28-6-4-2/h15-27,30H,3-14,28-29H2,1-2H3/b19-18+. The van der Waals surface area contributed by atoms with Gasteiger partial charge in [-0.15, -0.1) is 0 Å². The van der Waals surface area contributed by atoms with Crippen LogP contribution in [-0.2, 0) is 0 Å². The molecule has 0 bridgehead atoms. The Morgan fingerprint density at radius 3 is 1.80 bits per heavy atom. The van der Waals surface area contributed by atoms with Crippen molar-refractivity contribution in [1.29, 1.82) is 0 Å². The van der Waals surface area contributed by atoms with E-state index in [9.17, 15) is 4.79 Å². The van der Waals surface area contributed by atoms with Crippen LogP contribution in [0.25, 0.3) is 12.2 Å². The summed E-state index contributed by atoms with van der Waals surface area (Å²) < 4.78 is 17.2. The minimum atomic E-state index is -0.380. The number of unbranched alkanes of at least 4 members (excludes halogenated alkanes) is 10. The molecular weight excluding hydrogens is 508 g/mol. The third-order valence-corrected chi connectivity index (χ3v) is 7.04. The summed E-state index contributed by atoms with van der Waals surface area (Å²) in [5, 5.41) is 0. The molecule has 0 aliphatic rings. The third kappa shape index (κ3) is 13.1. The summed E-state index contributed by atoms with van der Waals surface area (Å²) in [4.78, 5) is 12.6. The molecule has 0 spiro atoms. The lowest BCUT2D eigenvalue weighted by Crippen LogP contribution is -2.08. The van der Waals surface area contributed by atoms with Gasteiger partial charge in [0.15, 0.2) is 0 Å². The minimum Gasteiger partial charge on any atom is -0.494 e. The van der Waals surface area contributed by atoms with Gasteiger partial charge in [-0.1, -0.05) is 114 Å². The van der Waals surface area contributed by atoms with E-state index in [1.54, 1.807) is 12.1 Å². The highest BCUT2D eigenvalue weighted by atomic mass is 16.5. The van der Waals surface area contributed by atoms with Crippen molar-refractivity contribution >= 4 is 18.1 Å². The van der Waals surface area contributed by atoms with Crippen LogP contribution in [0.4, 0.5) is 0 Å². The molecule has 0 unspecified atom stereocenters. The van der Waals surface area contributed by atoms with E-state index in [1.165, 1.54) is 57.8 Å². The summed E-state index contributed by atoms with van der Waals surface area (Å²) in [6.45, 7) is 5.86. The predicted octanol–water partition coefficient (Wildman–Crippen LogP) is 10.6. The first-order valence-corrected chi connectivity index (χ1v) is 15.6. The summed E-state index contributed by atoms with van der Waals surface area (Å²) in [6, 6.07) is 22.8. The van der Waals surface area contributed by atoms with Crippen LogP contribution in [0.15, 0.2) is 72.8 Å². The number of carbonyl (C=O) groups is 1. The molecule has 220 valence electrons. The maximum atomic E-state index is 12.6. The summed E-state index contributed by atoms with van der Waals surface area (Å²) in [5.41, 5.74) is 2.60. The average Bonchev–Trinajstić information content (AvgIpc) is 3.00. The quantitative estimate of drug-likeness (QED) is 0.0601. The largest absolute Gasteiger partial charge is 0.494 e. The van der Waals surface area contributed by atoms with Gasteiger partial charge in [-0.05, 0) is 72.5 Å². The van der Waals surface area contributed by atoms with Crippen molar-refractivity contribution in [3.05, 3.63) is 89.5 Å². The van der Waals surface area contributed by atoms with Crippen molar-refractivity contribution in [2.24, 2.45) is 0 Å². The lowest BCUT2D eigenvalue weighted by atomic mass is 10.1. The predicted molar refractivity (Wildman–Crippen MR) is 171 cm³/mol. The van der Waals surface area contributed by atoms with E-state index in [1.807, 2.05) is 72.8 Å². The first-order chi connectivity index (χ1) is 20.2. The number of esters is 1. The Morgan fingerprint density at radius 1 is 0.561 bits per heavy atom. The molecule has 0 radical (unpaired) electrons. The van der Waals surface area contributed by atoms with Gasteiger partial charge in [0.25, 0.3) is 0 Å². The maximum absolute atomic E-state index is 12.6. The summed E-state index contributed by atoms with van der Waals surface area (Å²) >= 11 is 0. The van der Waals surface area contributed by atoms with Gasteiger partial charge in [0.2, 0.25) is 0 Å². The van der Waals surface area contributed by atoms with Crippen LogP contribution in [0.5, 0.6) is 17.2 Å². The van der Waals surface area contributed by atoms with Gasteiger partial charge in [0.05, 0.1) is 18.8 Å². The Labute approximate surface area is 247 Å². The highest BCUT2D eigenvalue weighted by Crippen LogP contribution is 2.20. The first kappa shape index (κ1) is 32.0. The zero-order valence-electron chi connectivity index (χ0n) is 25.1. The van der Waals surface area contributed by atoms with Crippen LogP contribution in [0, 0.1) is 0 Å². The van der Waals surface area contributed by atoms with Gasteiger partial charge in [0, 0.05) is 0 Å². The fraction of sp³-hybridized carbons (Fsp3) is 0.432. The van der Waals surface area contributed by atoms with Crippen molar-refractivity contribution in [2.75, 3.05) is 13.2 Å². The number of hydrogen-bond donors (Lipinski definition) is 0. The van der Waals surface area contributed by atoms with E-state index in [4.69, 9.17) is 14.2 Å². The van der Waals surface area contributed by atoms with E-state index >= 15 is 0 Å². The van der Waals surface area contributed by atoms with Gasteiger partial charge < -0.3 is 14.2 Å². The van der Waals surface area contributed by atoms with Crippen LogP contribution in [0.2, 0.25) is 0 Å². The maximum Gasteiger partial charge on any atom is 0.343 e. The zero-order valence-corrected chi connectivity index (χ0v) is 25.1. The summed E-state index contributed by atoms with van der Waals surface area (Å²) in [6.07, 6.45) is 19.3. The van der Waals surface area contributed by atoms with Gasteiger partial charge in [-0.25, -0.2) is 4.79 Å². The van der Waals surface area contributed by atoms with Crippen molar-refractivity contribution in [3.8, 4) is 17.2 Å². The fourth-order valence-corrected chi connectivity index (χ4v) is 4.51. The van der Waals surface area contributed by atoms with Crippen LogP contribution < -0.4 is 14.2 Å². The molecule has 0 aliphatic heterocycles. The molecule has 0 N–H and O–H groups in total. The monoisotopic (exact) mass is 556 g/mol. The van der Waals surface area contributed by atoms with Crippen molar-refractivity contribution in [2.45, 2.75) is 90.9 Å². The molecule has 3 aromatic rings. The molecule has 0 saturated heterocycles. The molecule has 0 fully saturated rings. The zero-order chi connectivity index (χ0) is 29.0. The molecule has 3 rings (SSSR count). The number of rotatable bonds is 20. The summed E-state index contributed by atoms with van der Waals surface area (Å²) in [7, 11) is 0. The third-order valence-electron chi connectivity index (χ3n) is 7.04. The van der Waals surface area contributed by atoms with Crippen LogP contribution in [0.1, 0.15) is 112 Å². The second kappa shape index (κ2) is 19.5. The average molecular weight is 557 g/mol. The van der Waals surface area contributed by atoms with E-state index in [0.29, 0.717) is 17.9 Å². The molecule has 0 atom stereocenters. The molecule has 4 nitrogen and oxygen atoms in total. The number of carbonyl (C=O) groups excluding carboxylic acids is 1. The van der Waals surface area contributed by atoms with Crippen molar-refractivity contribution < 1.29 is 19.0 Å². The molecule has 4 heteroatoms. The van der Waals surface area contributed by atoms with Gasteiger partial charge in [-0.2, -0.15) is 0 Å². The van der Waals surface area contributed by atoms with Crippen LogP contribution >= 0.6 is 0 Å². The van der Waals surface area contributed by atoms with E-state index in [0.717, 1.165) is 48.5 Å². The topological polar surface area (TPSA) is 44.8 Å². The van der Waals surface area contributed by atoms with Crippen molar-refractivity contribution in [3.63, 3.8) is 0 Å². The second-order valence-corrected chi connectivity index (χ2v) is 10.6. The Bertz CT molecular complexity index is 1150. The van der Waals surface area contributed by atoms with E-state index in [2.05, 4.69) is 13.8 Å². The Morgan fingerprint density at radius 2 is 1.12 bits per heavy atom. The SMILES string of the molecule is CCCCCCCCCCCCOc1ccc(C(=O)Oc2ccc(/C=C/c3cccc(OCCCC)c3)cc2)cc1. The normalized spacial score (nSPS) is 11.1. The number of benzene rings is 3. The minimum absolute atomic E-state index is 0.380. The second-order valence-electron chi connectivity index (χ2n) is 10.6. The number of hydrogen-bond acceptors (Lipinski definition) is 4.